The lowest BCUT2D eigenvalue weighted by atomic mass is 9.87. The summed E-state index contributed by atoms with van der Waals surface area (Å²) in [6, 6.07) is 13.4. The van der Waals surface area contributed by atoms with Crippen LogP contribution in [0.1, 0.15) is 29.9 Å². The van der Waals surface area contributed by atoms with Gasteiger partial charge in [0.05, 0.1) is 13.0 Å². The van der Waals surface area contributed by atoms with Gasteiger partial charge in [0.25, 0.3) is 0 Å². The van der Waals surface area contributed by atoms with Crippen LogP contribution in [0.15, 0.2) is 36.4 Å². The van der Waals surface area contributed by atoms with Crippen molar-refractivity contribution in [1.82, 2.24) is 10.2 Å². The minimum absolute atomic E-state index is 0.0523. The predicted molar refractivity (Wildman–Crippen MR) is 99.6 cm³/mol. The molecule has 25 heavy (non-hydrogen) atoms. The zero-order valence-electron chi connectivity index (χ0n) is 14.8. The van der Waals surface area contributed by atoms with Crippen LogP contribution in [-0.4, -0.2) is 44.2 Å². The molecule has 0 spiro atoms. The molecule has 0 aliphatic carbocycles. The number of ether oxygens (including phenoxy) is 1. The number of hydrogen-bond donors (Lipinski definition) is 1. The Morgan fingerprint density at radius 1 is 1.12 bits per heavy atom. The van der Waals surface area contributed by atoms with Crippen LogP contribution in [0.3, 0.4) is 0 Å². The third-order valence-electron chi connectivity index (χ3n) is 5.79. The van der Waals surface area contributed by atoms with Gasteiger partial charge in [0.15, 0.2) is 0 Å². The predicted octanol–water partition coefficient (Wildman–Crippen LogP) is 2.91. The Morgan fingerprint density at radius 3 is 2.48 bits per heavy atom. The number of fused-ring (bicyclic) bond motifs is 1. The SMILES string of the molecule is COC(=O)C1CCN(Cc2ccc(C3CNC3)c3ccccc23)CC1. The van der Waals surface area contributed by atoms with Gasteiger partial charge in [-0.15, -0.1) is 0 Å². The highest BCUT2D eigenvalue weighted by Gasteiger charge is 2.26. The van der Waals surface area contributed by atoms with Crippen molar-refractivity contribution in [3.8, 4) is 0 Å². The Labute approximate surface area is 149 Å². The second-order valence-electron chi connectivity index (χ2n) is 7.29. The van der Waals surface area contributed by atoms with Gasteiger partial charge in [0.1, 0.15) is 0 Å². The van der Waals surface area contributed by atoms with E-state index >= 15 is 0 Å². The number of carbonyl (C=O) groups excluding carboxylic acids is 1. The van der Waals surface area contributed by atoms with Crippen LogP contribution < -0.4 is 5.32 Å². The third-order valence-corrected chi connectivity index (χ3v) is 5.79. The molecule has 4 nitrogen and oxygen atoms in total. The average molecular weight is 338 g/mol. The van der Waals surface area contributed by atoms with Gasteiger partial charge in [-0.2, -0.15) is 0 Å². The van der Waals surface area contributed by atoms with E-state index in [1.165, 1.54) is 29.0 Å². The first kappa shape index (κ1) is 16.6. The maximum atomic E-state index is 11.7. The first-order valence-corrected chi connectivity index (χ1v) is 9.27. The van der Waals surface area contributed by atoms with E-state index in [9.17, 15) is 4.79 Å². The molecular formula is C21H26N2O2. The molecule has 0 atom stereocenters. The highest BCUT2D eigenvalue weighted by Crippen LogP contribution is 2.31. The Hall–Kier alpha value is -1.91. The van der Waals surface area contributed by atoms with Crippen molar-refractivity contribution < 1.29 is 9.53 Å². The lowest BCUT2D eigenvalue weighted by Gasteiger charge is -2.32. The molecule has 2 aromatic carbocycles. The smallest absolute Gasteiger partial charge is 0.308 e. The zero-order valence-corrected chi connectivity index (χ0v) is 14.8. The molecule has 2 aromatic rings. The van der Waals surface area contributed by atoms with Crippen molar-refractivity contribution in [2.24, 2.45) is 5.92 Å². The molecule has 0 saturated carbocycles. The molecule has 0 amide bonds. The highest BCUT2D eigenvalue weighted by molar-refractivity contribution is 5.89. The van der Waals surface area contributed by atoms with Gasteiger partial charge >= 0.3 is 5.97 Å². The molecule has 4 rings (SSSR count). The molecule has 0 aromatic heterocycles. The van der Waals surface area contributed by atoms with Crippen LogP contribution in [0.2, 0.25) is 0 Å². The number of esters is 1. The van der Waals surface area contributed by atoms with Crippen LogP contribution >= 0.6 is 0 Å². The molecule has 0 unspecified atom stereocenters. The van der Waals surface area contributed by atoms with Gasteiger partial charge in [-0.1, -0.05) is 36.4 Å². The van der Waals surface area contributed by atoms with E-state index < -0.39 is 0 Å². The normalized spacial score (nSPS) is 19.7. The van der Waals surface area contributed by atoms with Crippen molar-refractivity contribution in [1.29, 1.82) is 0 Å². The van der Waals surface area contributed by atoms with E-state index in [1.807, 2.05) is 0 Å². The van der Waals surface area contributed by atoms with Crippen LogP contribution in [0.4, 0.5) is 0 Å². The maximum absolute atomic E-state index is 11.7. The summed E-state index contributed by atoms with van der Waals surface area (Å²) in [5.41, 5.74) is 2.87. The van der Waals surface area contributed by atoms with E-state index in [-0.39, 0.29) is 11.9 Å². The molecule has 4 heteroatoms. The largest absolute Gasteiger partial charge is 0.469 e. The number of methoxy groups -OCH3 is 1. The number of carbonyl (C=O) groups is 1. The van der Waals surface area contributed by atoms with Gasteiger partial charge in [-0.3, -0.25) is 9.69 Å². The fourth-order valence-electron chi connectivity index (χ4n) is 4.12. The lowest BCUT2D eigenvalue weighted by Crippen LogP contribution is -2.40. The van der Waals surface area contributed by atoms with Crippen molar-refractivity contribution in [2.75, 3.05) is 33.3 Å². The molecule has 0 bridgehead atoms. The van der Waals surface area contributed by atoms with Crippen molar-refractivity contribution >= 4 is 16.7 Å². The summed E-state index contributed by atoms with van der Waals surface area (Å²) in [6.07, 6.45) is 1.80. The molecule has 1 N–H and O–H groups in total. The zero-order chi connectivity index (χ0) is 17.2. The molecule has 2 fully saturated rings. The van der Waals surface area contributed by atoms with Crippen LogP contribution in [0.25, 0.3) is 10.8 Å². The standard InChI is InChI=1S/C21H26N2O2/c1-25-21(24)15-8-10-23(11-9-15)14-16-6-7-19(17-12-22-13-17)20-5-3-2-4-18(16)20/h2-7,15,17,22H,8-14H2,1H3. The Bertz CT molecular complexity index is 762. The summed E-state index contributed by atoms with van der Waals surface area (Å²) in [5, 5.41) is 6.15. The van der Waals surface area contributed by atoms with Crippen molar-refractivity contribution in [2.45, 2.75) is 25.3 Å². The molecule has 0 radical (unpaired) electrons. The summed E-state index contributed by atoms with van der Waals surface area (Å²) < 4.78 is 4.89. The monoisotopic (exact) mass is 338 g/mol. The number of nitrogens with one attached hydrogen (secondary N) is 1. The van der Waals surface area contributed by atoms with E-state index in [0.717, 1.165) is 45.6 Å². The Kier molecular flexibility index (Phi) is 4.73. The minimum atomic E-state index is -0.0523. The average Bonchev–Trinajstić information content (AvgIpc) is 2.62. The molecule has 2 saturated heterocycles. The first-order chi connectivity index (χ1) is 12.3. The van der Waals surface area contributed by atoms with Gasteiger partial charge in [0.2, 0.25) is 0 Å². The fraction of sp³-hybridized carbons (Fsp3) is 0.476. The minimum Gasteiger partial charge on any atom is -0.469 e. The third kappa shape index (κ3) is 3.29. The molecule has 2 heterocycles. The number of piperidine rings is 1. The number of benzene rings is 2. The fourth-order valence-corrected chi connectivity index (χ4v) is 4.12. The first-order valence-electron chi connectivity index (χ1n) is 9.27. The summed E-state index contributed by atoms with van der Waals surface area (Å²) in [7, 11) is 1.49. The van der Waals surface area contributed by atoms with E-state index in [2.05, 4.69) is 46.6 Å². The highest BCUT2D eigenvalue weighted by atomic mass is 16.5. The number of likely N-dealkylation sites (tertiary alicyclic amines) is 1. The van der Waals surface area contributed by atoms with Gasteiger partial charge in [-0.25, -0.2) is 0 Å². The Balaban J connectivity index is 1.52. The second kappa shape index (κ2) is 7.14. The lowest BCUT2D eigenvalue weighted by molar-refractivity contribution is -0.147. The Morgan fingerprint density at radius 2 is 1.84 bits per heavy atom. The molecule has 132 valence electrons. The van der Waals surface area contributed by atoms with Crippen LogP contribution in [-0.2, 0) is 16.1 Å². The topological polar surface area (TPSA) is 41.6 Å². The van der Waals surface area contributed by atoms with Crippen molar-refractivity contribution in [3.05, 3.63) is 47.5 Å². The summed E-state index contributed by atoms with van der Waals surface area (Å²) in [6.45, 7) is 5.05. The van der Waals surface area contributed by atoms with E-state index in [1.54, 1.807) is 0 Å². The molecular weight excluding hydrogens is 312 g/mol. The van der Waals surface area contributed by atoms with Gasteiger partial charge in [-0.05, 0) is 47.8 Å². The van der Waals surface area contributed by atoms with Gasteiger partial charge < -0.3 is 10.1 Å². The van der Waals surface area contributed by atoms with E-state index in [4.69, 9.17) is 4.74 Å². The van der Waals surface area contributed by atoms with Gasteiger partial charge in [0, 0.05) is 25.6 Å². The van der Waals surface area contributed by atoms with Crippen LogP contribution in [0.5, 0.6) is 0 Å². The number of nitrogens with zero attached hydrogens (tertiary/aromatic N) is 1. The number of rotatable bonds is 4. The number of hydrogen-bond acceptors (Lipinski definition) is 4. The second-order valence-corrected chi connectivity index (χ2v) is 7.29. The maximum Gasteiger partial charge on any atom is 0.308 e. The van der Waals surface area contributed by atoms with Crippen LogP contribution in [0, 0.1) is 5.92 Å². The molecule has 2 aliphatic rings. The van der Waals surface area contributed by atoms with Crippen molar-refractivity contribution in [3.63, 3.8) is 0 Å². The molecule has 2 aliphatic heterocycles. The summed E-state index contributed by atoms with van der Waals surface area (Å²) >= 11 is 0. The quantitative estimate of drug-likeness (QED) is 0.871. The summed E-state index contributed by atoms with van der Waals surface area (Å²) in [4.78, 5) is 14.2. The van der Waals surface area contributed by atoms with E-state index in [0.29, 0.717) is 5.92 Å². The summed E-state index contributed by atoms with van der Waals surface area (Å²) in [5.74, 6) is 0.671.